The molecule has 2 aromatic carbocycles. The van der Waals surface area contributed by atoms with Gasteiger partial charge in [-0.05, 0) is 49.2 Å². The Kier molecular flexibility index (Phi) is 5.58. The Labute approximate surface area is 153 Å². The second-order valence-corrected chi connectivity index (χ2v) is 7.74. The van der Waals surface area contributed by atoms with Gasteiger partial charge in [-0.1, -0.05) is 18.2 Å². The number of carbonyl (C=O) groups is 1. The number of carbonyl (C=O) groups excluding carboxylic acids is 1. The van der Waals surface area contributed by atoms with Crippen molar-refractivity contribution in [2.45, 2.75) is 24.7 Å². The van der Waals surface area contributed by atoms with Crippen molar-refractivity contribution >= 4 is 21.6 Å². The molecule has 0 saturated carbocycles. The predicted molar refractivity (Wildman–Crippen MR) is 99.9 cm³/mol. The predicted octanol–water partition coefficient (Wildman–Crippen LogP) is 2.34. The molecule has 0 unspecified atom stereocenters. The normalized spacial score (nSPS) is 13.5. The molecule has 0 aromatic heterocycles. The highest BCUT2D eigenvalue weighted by atomic mass is 32.2. The van der Waals surface area contributed by atoms with Crippen LogP contribution in [-0.4, -0.2) is 34.0 Å². The fraction of sp³-hybridized carbons (Fsp3) is 0.316. The number of anilines is 1. The van der Waals surface area contributed by atoms with Crippen LogP contribution in [0.5, 0.6) is 5.75 Å². The van der Waals surface area contributed by atoms with Gasteiger partial charge in [0, 0.05) is 25.2 Å². The largest absolute Gasteiger partial charge is 0.494 e. The lowest BCUT2D eigenvalue weighted by Crippen LogP contribution is -2.33. The highest BCUT2D eigenvalue weighted by molar-refractivity contribution is 7.89. The zero-order valence-corrected chi connectivity index (χ0v) is 15.5. The summed E-state index contributed by atoms with van der Waals surface area (Å²) in [4.78, 5) is 14.3. The lowest BCUT2D eigenvalue weighted by molar-refractivity contribution is -0.118. The Hall–Kier alpha value is -2.38. The molecule has 0 spiro atoms. The average molecular weight is 374 g/mol. The van der Waals surface area contributed by atoms with Crippen LogP contribution in [0.25, 0.3) is 0 Å². The Morgan fingerprint density at radius 3 is 2.62 bits per heavy atom. The summed E-state index contributed by atoms with van der Waals surface area (Å²) in [5, 5.41) is 0. The topological polar surface area (TPSA) is 75.7 Å². The van der Waals surface area contributed by atoms with Crippen LogP contribution in [0.4, 0.5) is 5.69 Å². The fourth-order valence-electron chi connectivity index (χ4n) is 2.99. The van der Waals surface area contributed by atoms with Crippen molar-refractivity contribution in [3.63, 3.8) is 0 Å². The number of amides is 1. The van der Waals surface area contributed by atoms with E-state index in [-0.39, 0.29) is 23.8 Å². The number of benzene rings is 2. The summed E-state index contributed by atoms with van der Waals surface area (Å²) >= 11 is 0. The van der Waals surface area contributed by atoms with Crippen molar-refractivity contribution in [3.05, 3.63) is 54.1 Å². The zero-order chi connectivity index (χ0) is 18.6. The lowest BCUT2D eigenvalue weighted by atomic mass is 10.2. The molecule has 1 N–H and O–H groups in total. The van der Waals surface area contributed by atoms with Crippen LogP contribution >= 0.6 is 0 Å². The second kappa shape index (κ2) is 7.88. The summed E-state index contributed by atoms with van der Waals surface area (Å²) in [7, 11) is -3.65. The van der Waals surface area contributed by atoms with Crippen molar-refractivity contribution < 1.29 is 17.9 Å². The summed E-state index contributed by atoms with van der Waals surface area (Å²) in [6, 6.07) is 14.0. The summed E-state index contributed by atoms with van der Waals surface area (Å²) < 4.78 is 32.4. The molecular weight excluding hydrogens is 352 g/mol. The van der Waals surface area contributed by atoms with Gasteiger partial charge in [-0.2, -0.15) is 0 Å². The van der Waals surface area contributed by atoms with Gasteiger partial charge in [-0.3, -0.25) is 4.79 Å². The standard InChI is InChI=1S/C19H22N2O4S/c1-2-25-16-7-9-17(10-8-16)26(23,24)20-13-11-19(22)21-14-12-15-5-3-4-6-18(15)21/h3-10,20H,2,11-14H2,1H3. The first-order valence-electron chi connectivity index (χ1n) is 8.62. The van der Waals surface area contributed by atoms with E-state index in [1.54, 1.807) is 17.0 Å². The molecular formula is C19H22N2O4S. The van der Waals surface area contributed by atoms with Crippen molar-refractivity contribution in [2.75, 3.05) is 24.6 Å². The number of sulfonamides is 1. The van der Waals surface area contributed by atoms with Crippen LogP contribution in [-0.2, 0) is 21.2 Å². The Morgan fingerprint density at radius 2 is 1.88 bits per heavy atom. The second-order valence-electron chi connectivity index (χ2n) is 5.98. The molecule has 0 atom stereocenters. The maximum atomic E-state index is 12.4. The lowest BCUT2D eigenvalue weighted by Gasteiger charge is -2.17. The first kappa shape index (κ1) is 18.4. The first-order valence-corrected chi connectivity index (χ1v) is 10.1. The third-order valence-electron chi connectivity index (χ3n) is 4.26. The summed E-state index contributed by atoms with van der Waals surface area (Å²) in [6.07, 6.45) is 0.949. The van der Waals surface area contributed by atoms with Crippen molar-refractivity contribution in [1.29, 1.82) is 0 Å². The van der Waals surface area contributed by atoms with Gasteiger partial charge in [0.05, 0.1) is 11.5 Å². The van der Waals surface area contributed by atoms with Crippen LogP contribution in [0.3, 0.4) is 0 Å². The summed E-state index contributed by atoms with van der Waals surface area (Å²) in [5.41, 5.74) is 2.07. The molecule has 0 fully saturated rings. The minimum Gasteiger partial charge on any atom is -0.494 e. The van der Waals surface area contributed by atoms with Gasteiger partial charge in [-0.25, -0.2) is 13.1 Å². The van der Waals surface area contributed by atoms with E-state index >= 15 is 0 Å². The Morgan fingerprint density at radius 1 is 1.15 bits per heavy atom. The van der Waals surface area contributed by atoms with Gasteiger partial charge in [-0.15, -0.1) is 0 Å². The smallest absolute Gasteiger partial charge is 0.240 e. The minimum atomic E-state index is -3.65. The minimum absolute atomic E-state index is 0.0625. The summed E-state index contributed by atoms with van der Waals surface area (Å²) in [6.45, 7) is 3.09. The molecule has 0 aliphatic carbocycles. The van der Waals surface area contributed by atoms with E-state index in [0.717, 1.165) is 17.7 Å². The van der Waals surface area contributed by atoms with Crippen molar-refractivity contribution in [2.24, 2.45) is 0 Å². The number of rotatable bonds is 7. The van der Waals surface area contributed by atoms with E-state index in [9.17, 15) is 13.2 Å². The van der Waals surface area contributed by atoms with Gasteiger partial charge in [0.25, 0.3) is 0 Å². The molecule has 138 valence electrons. The average Bonchev–Trinajstić information content (AvgIpc) is 3.06. The highest BCUT2D eigenvalue weighted by Gasteiger charge is 2.24. The molecule has 0 saturated heterocycles. The third kappa shape index (κ3) is 4.05. The molecule has 1 aliphatic rings. The maximum absolute atomic E-state index is 12.4. The van der Waals surface area contributed by atoms with E-state index in [0.29, 0.717) is 18.9 Å². The molecule has 0 bridgehead atoms. The van der Waals surface area contributed by atoms with E-state index in [1.807, 2.05) is 31.2 Å². The third-order valence-corrected chi connectivity index (χ3v) is 5.74. The summed E-state index contributed by atoms with van der Waals surface area (Å²) in [5.74, 6) is 0.540. The maximum Gasteiger partial charge on any atom is 0.240 e. The van der Waals surface area contributed by atoms with Gasteiger partial charge in [0.2, 0.25) is 15.9 Å². The van der Waals surface area contributed by atoms with Crippen LogP contribution in [0.1, 0.15) is 18.9 Å². The molecule has 0 radical (unpaired) electrons. The molecule has 26 heavy (non-hydrogen) atoms. The van der Waals surface area contributed by atoms with Crippen LogP contribution < -0.4 is 14.4 Å². The van der Waals surface area contributed by atoms with Crippen LogP contribution in [0.2, 0.25) is 0 Å². The van der Waals surface area contributed by atoms with Crippen molar-refractivity contribution in [3.8, 4) is 5.75 Å². The Bertz CT molecular complexity index is 879. The Balaban J connectivity index is 1.56. The molecule has 1 amide bonds. The molecule has 7 heteroatoms. The van der Waals surface area contributed by atoms with Gasteiger partial charge in [0.1, 0.15) is 5.75 Å². The molecule has 3 rings (SSSR count). The highest BCUT2D eigenvalue weighted by Crippen LogP contribution is 2.27. The fourth-order valence-corrected chi connectivity index (χ4v) is 4.02. The quantitative estimate of drug-likeness (QED) is 0.807. The number of nitrogens with one attached hydrogen (secondary N) is 1. The van der Waals surface area contributed by atoms with Gasteiger partial charge in [0.15, 0.2) is 0 Å². The molecule has 2 aromatic rings. The van der Waals surface area contributed by atoms with E-state index in [4.69, 9.17) is 4.74 Å². The number of hydrogen-bond donors (Lipinski definition) is 1. The van der Waals surface area contributed by atoms with Gasteiger partial charge < -0.3 is 9.64 Å². The number of nitrogens with zero attached hydrogens (tertiary/aromatic N) is 1. The zero-order valence-electron chi connectivity index (χ0n) is 14.6. The van der Waals surface area contributed by atoms with E-state index in [1.165, 1.54) is 12.1 Å². The molecule has 6 nitrogen and oxygen atoms in total. The number of para-hydroxylation sites is 1. The molecule has 1 heterocycles. The van der Waals surface area contributed by atoms with Crippen LogP contribution in [0, 0.1) is 0 Å². The first-order chi connectivity index (χ1) is 12.5. The van der Waals surface area contributed by atoms with Gasteiger partial charge >= 0.3 is 0 Å². The van der Waals surface area contributed by atoms with E-state index < -0.39 is 10.0 Å². The number of hydrogen-bond acceptors (Lipinski definition) is 4. The van der Waals surface area contributed by atoms with Crippen molar-refractivity contribution in [1.82, 2.24) is 4.72 Å². The SMILES string of the molecule is CCOc1ccc(S(=O)(=O)NCCC(=O)N2CCc3ccccc32)cc1. The molecule has 1 aliphatic heterocycles. The van der Waals surface area contributed by atoms with E-state index in [2.05, 4.69) is 4.72 Å². The monoisotopic (exact) mass is 374 g/mol. The number of fused-ring (bicyclic) bond motifs is 1. The number of ether oxygens (including phenoxy) is 1. The van der Waals surface area contributed by atoms with Crippen LogP contribution in [0.15, 0.2) is 53.4 Å².